The normalized spacial score (nSPS) is 10.6. The third-order valence-electron chi connectivity index (χ3n) is 2.09. The van der Waals surface area contributed by atoms with E-state index in [1.54, 1.807) is 49.1 Å². The molecule has 84 valence electrons. The highest BCUT2D eigenvalue weighted by atomic mass is 16.1. The summed E-state index contributed by atoms with van der Waals surface area (Å²) in [7, 11) is 0. The topological polar surface area (TPSA) is 81.2 Å². The second kappa shape index (κ2) is 4.98. The minimum atomic E-state index is -0.542. The maximum absolute atomic E-state index is 11.1. The molecule has 1 amide bonds. The summed E-state index contributed by atoms with van der Waals surface area (Å²) >= 11 is 0. The maximum atomic E-state index is 11.1. The number of aliphatic imine (C=N–C) groups is 1. The van der Waals surface area contributed by atoms with Crippen molar-refractivity contribution in [2.75, 3.05) is 0 Å². The van der Waals surface area contributed by atoms with Gasteiger partial charge in [0.1, 0.15) is 0 Å². The molecule has 0 spiro atoms. The highest BCUT2D eigenvalue weighted by molar-refractivity contribution is 5.97. The third kappa shape index (κ3) is 2.72. The second-order valence-corrected chi connectivity index (χ2v) is 3.28. The van der Waals surface area contributed by atoms with Gasteiger partial charge in [-0.25, -0.2) is 9.98 Å². The molecule has 0 aliphatic rings. The number of carbonyl (C=O) groups excluding carboxylic acids is 1. The van der Waals surface area contributed by atoms with Gasteiger partial charge in [-0.3, -0.25) is 9.78 Å². The molecule has 2 N–H and O–H groups in total. The fourth-order valence-electron chi connectivity index (χ4n) is 1.28. The van der Waals surface area contributed by atoms with Crippen molar-refractivity contribution in [1.29, 1.82) is 0 Å². The fraction of sp³-hybridized carbons (Fsp3) is 0. The van der Waals surface area contributed by atoms with Gasteiger partial charge in [0.15, 0.2) is 5.82 Å². The number of carbonyl (C=O) groups is 1. The van der Waals surface area contributed by atoms with Crippen molar-refractivity contribution in [2.45, 2.75) is 0 Å². The first kappa shape index (κ1) is 10.9. The molecular formula is C12H10N4O. The van der Waals surface area contributed by atoms with E-state index in [1.165, 1.54) is 0 Å². The number of hydrogen-bond acceptors (Lipinski definition) is 4. The predicted molar refractivity (Wildman–Crippen MR) is 64.2 cm³/mol. The summed E-state index contributed by atoms with van der Waals surface area (Å²) in [6.45, 7) is 0. The maximum Gasteiger partial charge on any atom is 0.252 e. The van der Waals surface area contributed by atoms with Gasteiger partial charge in [0.05, 0.1) is 5.56 Å². The Morgan fingerprint density at radius 3 is 2.71 bits per heavy atom. The summed E-state index contributed by atoms with van der Waals surface area (Å²) in [6, 6.07) is 6.84. The van der Waals surface area contributed by atoms with E-state index in [0.29, 0.717) is 11.4 Å². The molecule has 2 aromatic heterocycles. The van der Waals surface area contributed by atoms with Gasteiger partial charge in [-0.1, -0.05) is 0 Å². The molecule has 5 nitrogen and oxygen atoms in total. The zero-order chi connectivity index (χ0) is 12.1. The van der Waals surface area contributed by atoms with Gasteiger partial charge in [0, 0.05) is 24.8 Å². The van der Waals surface area contributed by atoms with Crippen molar-refractivity contribution >= 4 is 17.9 Å². The quantitative estimate of drug-likeness (QED) is 0.801. The predicted octanol–water partition coefficient (Wildman–Crippen LogP) is 1.33. The van der Waals surface area contributed by atoms with Crippen molar-refractivity contribution < 1.29 is 4.79 Å². The summed E-state index contributed by atoms with van der Waals surface area (Å²) in [5.41, 5.74) is 6.40. The first-order chi connectivity index (χ1) is 8.27. The lowest BCUT2D eigenvalue weighted by atomic mass is 10.2. The number of aromatic nitrogens is 2. The Morgan fingerprint density at radius 1 is 1.24 bits per heavy atom. The number of rotatable bonds is 3. The third-order valence-corrected chi connectivity index (χ3v) is 2.09. The highest BCUT2D eigenvalue weighted by Gasteiger charge is 2.06. The van der Waals surface area contributed by atoms with E-state index in [1.807, 2.05) is 0 Å². The summed E-state index contributed by atoms with van der Waals surface area (Å²) in [5, 5.41) is 0. The van der Waals surface area contributed by atoms with E-state index in [9.17, 15) is 4.79 Å². The molecule has 0 saturated heterocycles. The number of amides is 1. The molecular weight excluding hydrogens is 216 g/mol. The number of pyridine rings is 2. The lowest BCUT2D eigenvalue weighted by Crippen LogP contribution is -2.11. The largest absolute Gasteiger partial charge is 0.365 e. The Kier molecular flexibility index (Phi) is 3.20. The average molecular weight is 226 g/mol. The zero-order valence-corrected chi connectivity index (χ0v) is 8.95. The van der Waals surface area contributed by atoms with Gasteiger partial charge in [0.25, 0.3) is 5.91 Å². The lowest BCUT2D eigenvalue weighted by molar-refractivity contribution is 0.100. The Morgan fingerprint density at radius 2 is 2.00 bits per heavy atom. The molecule has 0 fully saturated rings. The van der Waals surface area contributed by atoms with Crippen LogP contribution in [0.15, 0.2) is 47.8 Å². The lowest BCUT2D eigenvalue weighted by Gasteiger charge is -1.98. The average Bonchev–Trinajstić information content (AvgIpc) is 2.38. The van der Waals surface area contributed by atoms with Crippen molar-refractivity contribution in [3.8, 4) is 0 Å². The molecule has 0 unspecified atom stereocenters. The molecule has 0 aliphatic carbocycles. The molecule has 0 bridgehead atoms. The van der Waals surface area contributed by atoms with Crippen LogP contribution in [0.25, 0.3) is 0 Å². The SMILES string of the molecule is NC(=O)c1cccnc1N=Cc1ccncc1. The van der Waals surface area contributed by atoms with Crippen molar-refractivity contribution in [3.63, 3.8) is 0 Å². The van der Waals surface area contributed by atoms with Crippen LogP contribution in [0, 0.1) is 0 Å². The van der Waals surface area contributed by atoms with Crippen LogP contribution in [0.2, 0.25) is 0 Å². The van der Waals surface area contributed by atoms with Crippen molar-refractivity contribution in [2.24, 2.45) is 10.7 Å². The standard InChI is InChI=1S/C12H10N4O/c13-11(17)10-2-1-5-15-12(10)16-8-9-3-6-14-7-4-9/h1-8H,(H2,13,17). The van der Waals surface area contributed by atoms with Gasteiger partial charge in [-0.05, 0) is 29.8 Å². The van der Waals surface area contributed by atoms with E-state index in [2.05, 4.69) is 15.0 Å². The van der Waals surface area contributed by atoms with E-state index >= 15 is 0 Å². The number of nitrogens with zero attached hydrogens (tertiary/aromatic N) is 3. The van der Waals surface area contributed by atoms with E-state index in [0.717, 1.165) is 5.56 Å². The number of primary amides is 1. The monoisotopic (exact) mass is 226 g/mol. The van der Waals surface area contributed by atoms with Crippen LogP contribution in [0.3, 0.4) is 0 Å². The first-order valence-corrected chi connectivity index (χ1v) is 4.96. The van der Waals surface area contributed by atoms with Gasteiger partial charge in [-0.15, -0.1) is 0 Å². The molecule has 0 aliphatic heterocycles. The zero-order valence-electron chi connectivity index (χ0n) is 8.95. The van der Waals surface area contributed by atoms with Crippen LogP contribution in [0.1, 0.15) is 15.9 Å². The van der Waals surface area contributed by atoms with Crippen molar-refractivity contribution in [3.05, 3.63) is 54.0 Å². The second-order valence-electron chi connectivity index (χ2n) is 3.28. The fourth-order valence-corrected chi connectivity index (χ4v) is 1.28. The van der Waals surface area contributed by atoms with Crippen LogP contribution in [-0.4, -0.2) is 22.1 Å². The van der Waals surface area contributed by atoms with E-state index in [-0.39, 0.29) is 0 Å². The molecule has 5 heteroatoms. The van der Waals surface area contributed by atoms with Crippen LogP contribution in [-0.2, 0) is 0 Å². The minimum absolute atomic E-state index is 0.304. The Balaban J connectivity index is 2.30. The van der Waals surface area contributed by atoms with Crippen LogP contribution < -0.4 is 5.73 Å². The molecule has 0 aromatic carbocycles. The summed E-state index contributed by atoms with van der Waals surface area (Å²) in [6.07, 6.45) is 6.49. The smallest absolute Gasteiger partial charge is 0.252 e. The number of hydrogen-bond donors (Lipinski definition) is 1. The van der Waals surface area contributed by atoms with Crippen LogP contribution >= 0.6 is 0 Å². The van der Waals surface area contributed by atoms with Gasteiger partial charge >= 0.3 is 0 Å². The van der Waals surface area contributed by atoms with Gasteiger partial charge in [0.2, 0.25) is 0 Å². The van der Waals surface area contributed by atoms with Gasteiger partial charge in [-0.2, -0.15) is 0 Å². The molecule has 0 radical (unpaired) electrons. The molecule has 2 heterocycles. The van der Waals surface area contributed by atoms with Crippen LogP contribution in [0.4, 0.5) is 5.82 Å². The molecule has 0 saturated carbocycles. The van der Waals surface area contributed by atoms with E-state index in [4.69, 9.17) is 5.73 Å². The number of nitrogens with two attached hydrogens (primary N) is 1. The summed E-state index contributed by atoms with van der Waals surface area (Å²) in [5.74, 6) is -0.225. The van der Waals surface area contributed by atoms with Crippen LogP contribution in [0.5, 0.6) is 0 Å². The summed E-state index contributed by atoms with van der Waals surface area (Å²) in [4.78, 5) is 23.2. The van der Waals surface area contributed by atoms with Gasteiger partial charge < -0.3 is 5.73 Å². The highest BCUT2D eigenvalue weighted by Crippen LogP contribution is 2.13. The van der Waals surface area contributed by atoms with Crippen molar-refractivity contribution in [1.82, 2.24) is 9.97 Å². The van der Waals surface area contributed by atoms with E-state index < -0.39 is 5.91 Å². The minimum Gasteiger partial charge on any atom is -0.365 e. The first-order valence-electron chi connectivity index (χ1n) is 4.96. The Labute approximate surface area is 98.1 Å². The molecule has 17 heavy (non-hydrogen) atoms. The molecule has 2 rings (SSSR count). The Hall–Kier alpha value is -2.56. The Bertz CT molecular complexity index is 551. The molecule has 0 atom stereocenters. The molecule has 2 aromatic rings. The summed E-state index contributed by atoms with van der Waals surface area (Å²) < 4.78 is 0.